The normalized spacial score (nSPS) is 18.1. The lowest BCUT2D eigenvalue weighted by Gasteiger charge is -2.28. The summed E-state index contributed by atoms with van der Waals surface area (Å²) in [6.07, 6.45) is 9.35. The molecule has 0 heterocycles. The summed E-state index contributed by atoms with van der Waals surface area (Å²) in [5.41, 5.74) is 4.83. The van der Waals surface area contributed by atoms with Crippen LogP contribution in [0.5, 0.6) is 0 Å². The summed E-state index contributed by atoms with van der Waals surface area (Å²) in [6, 6.07) is 17.3. The van der Waals surface area contributed by atoms with Crippen LogP contribution in [0.2, 0.25) is 0 Å². The molecule has 1 heteroatoms. The third-order valence-electron chi connectivity index (χ3n) is 5.71. The highest BCUT2D eigenvalue weighted by molar-refractivity contribution is 5.44. The minimum absolute atomic E-state index is 0.473. The Morgan fingerprint density at radius 3 is 2.00 bits per heavy atom. The first-order valence-electron chi connectivity index (χ1n) is 11.6. The smallest absolute Gasteiger partial charge is 0.0575 e. The van der Waals surface area contributed by atoms with E-state index in [1.807, 2.05) is 0 Å². The van der Waals surface area contributed by atoms with Gasteiger partial charge in [-0.15, -0.1) is 5.92 Å². The van der Waals surface area contributed by atoms with E-state index in [0.29, 0.717) is 12.0 Å². The zero-order valence-electron chi connectivity index (χ0n) is 18.5. The molecule has 0 aromatic heterocycles. The SMILES string of the molecule is CCCC#CCc1ccc(C#Cc2ccc(C3CCC(OCCC)CC3)cc2)cc1. The Balaban J connectivity index is 1.52. The number of unbranched alkanes of at least 4 members (excludes halogenated alkanes) is 1. The largest absolute Gasteiger partial charge is 0.378 e. The lowest BCUT2D eigenvalue weighted by Crippen LogP contribution is -2.21. The lowest BCUT2D eigenvalue weighted by molar-refractivity contribution is 0.0251. The Labute approximate surface area is 183 Å². The Morgan fingerprint density at radius 2 is 1.40 bits per heavy atom. The lowest BCUT2D eigenvalue weighted by atomic mass is 9.82. The second kappa shape index (κ2) is 12.3. The van der Waals surface area contributed by atoms with Gasteiger partial charge in [-0.2, -0.15) is 0 Å². The van der Waals surface area contributed by atoms with E-state index in [2.05, 4.69) is 86.1 Å². The van der Waals surface area contributed by atoms with Gasteiger partial charge in [-0.25, -0.2) is 0 Å². The van der Waals surface area contributed by atoms with Crippen molar-refractivity contribution in [3.05, 3.63) is 70.8 Å². The van der Waals surface area contributed by atoms with Crippen LogP contribution < -0.4 is 0 Å². The topological polar surface area (TPSA) is 9.23 Å². The predicted molar refractivity (Wildman–Crippen MR) is 126 cm³/mol. The molecule has 30 heavy (non-hydrogen) atoms. The van der Waals surface area contributed by atoms with Crippen LogP contribution in [0.25, 0.3) is 0 Å². The monoisotopic (exact) mass is 398 g/mol. The highest BCUT2D eigenvalue weighted by Gasteiger charge is 2.22. The summed E-state index contributed by atoms with van der Waals surface area (Å²) in [6.45, 7) is 5.24. The number of hydrogen-bond acceptors (Lipinski definition) is 1. The van der Waals surface area contributed by atoms with Crippen LogP contribution >= 0.6 is 0 Å². The first-order valence-corrected chi connectivity index (χ1v) is 11.6. The average Bonchev–Trinajstić information content (AvgIpc) is 2.81. The van der Waals surface area contributed by atoms with Crippen LogP contribution in [-0.4, -0.2) is 12.7 Å². The summed E-state index contributed by atoms with van der Waals surface area (Å²) in [5.74, 6) is 13.7. The van der Waals surface area contributed by atoms with Crippen molar-refractivity contribution in [2.45, 2.75) is 77.2 Å². The molecular formula is C29H34O. The molecule has 1 aliphatic rings. The zero-order valence-corrected chi connectivity index (χ0v) is 18.5. The summed E-state index contributed by atoms with van der Waals surface area (Å²) in [4.78, 5) is 0. The molecule has 3 rings (SSSR count). The van der Waals surface area contributed by atoms with Crippen molar-refractivity contribution in [1.82, 2.24) is 0 Å². The minimum Gasteiger partial charge on any atom is -0.378 e. The second-order valence-corrected chi connectivity index (χ2v) is 8.19. The van der Waals surface area contributed by atoms with E-state index >= 15 is 0 Å². The van der Waals surface area contributed by atoms with Gasteiger partial charge in [0.05, 0.1) is 6.10 Å². The second-order valence-electron chi connectivity index (χ2n) is 8.19. The first kappa shape index (κ1) is 22.2. The van der Waals surface area contributed by atoms with E-state index in [9.17, 15) is 0 Å². The van der Waals surface area contributed by atoms with Gasteiger partial charge >= 0.3 is 0 Å². The van der Waals surface area contributed by atoms with Gasteiger partial charge in [0.25, 0.3) is 0 Å². The van der Waals surface area contributed by atoms with Gasteiger partial charge < -0.3 is 4.74 Å². The molecule has 1 fully saturated rings. The molecule has 1 nitrogen and oxygen atoms in total. The summed E-state index contributed by atoms with van der Waals surface area (Å²) >= 11 is 0. The van der Waals surface area contributed by atoms with Crippen LogP contribution in [0, 0.1) is 23.7 Å². The standard InChI is InChI=1S/C29H34O/c1-3-5-6-7-8-24-9-11-25(12-10-24)13-14-26-15-17-27(18-16-26)28-19-21-29(22-20-28)30-23-4-2/h9-12,15-18,28-29H,3-5,8,19-23H2,1-2H3. The maximum absolute atomic E-state index is 5.92. The van der Waals surface area contributed by atoms with Crippen molar-refractivity contribution in [3.8, 4) is 23.7 Å². The van der Waals surface area contributed by atoms with E-state index in [0.717, 1.165) is 43.4 Å². The van der Waals surface area contributed by atoms with E-state index in [1.54, 1.807) is 0 Å². The van der Waals surface area contributed by atoms with Crippen LogP contribution in [0.4, 0.5) is 0 Å². The molecule has 0 bridgehead atoms. The molecule has 0 N–H and O–H groups in total. The van der Waals surface area contributed by atoms with Crippen molar-refractivity contribution in [2.24, 2.45) is 0 Å². The van der Waals surface area contributed by atoms with Crippen LogP contribution in [-0.2, 0) is 11.2 Å². The van der Waals surface area contributed by atoms with Crippen LogP contribution in [0.3, 0.4) is 0 Å². The fourth-order valence-electron chi connectivity index (χ4n) is 3.91. The molecule has 0 spiro atoms. The zero-order chi connectivity index (χ0) is 21.0. The fraction of sp³-hybridized carbons (Fsp3) is 0.448. The molecule has 0 atom stereocenters. The first-order chi connectivity index (χ1) is 14.8. The molecule has 2 aromatic rings. The van der Waals surface area contributed by atoms with Gasteiger partial charge in [-0.05, 0) is 79.8 Å². The van der Waals surface area contributed by atoms with Crippen molar-refractivity contribution in [3.63, 3.8) is 0 Å². The molecule has 1 saturated carbocycles. The quantitative estimate of drug-likeness (QED) is 0.482. The minimum atomic E-state index is 0.473. The fourth-order valence-corrected chi connectivity index (χ4v) is 3.91. The Hall–Kier alpha value is -2.48. The molecule has 0 aliphatic heterocycles. The van der Waals surface area contributed by atoms with E-state index in [-0.39, 0.29) is 0 Å². The molecule has 0 radical (unpaired) electrons. The van der Waals surface area contributed by atoms with E-state index < -0.39 is 0 Å². The molecule has 2 aromatic carbocycles. The van der Waals surface area contributed by atoms with Crippen LogP contribution in [0.1, 0.15) is 87.0 Å². The van der Waals surface area contributed by atoms with Crippen LogP contribution in [0.15, 0.2) is 48.5 Å². The Kier molecular flexibility index (Phi) is 9.08. The number of hydrogen-bond donors (Lipinski definition) is 0. The van der Waals surface area contributed by atoms with Gasteiger partial charge in [0.15, 0.2) is 0 Å². The average molecular weight is 399 g/mol. The van der Waals surface area contributed by atoms with Gasteiger partial charge in [0, 0.05) is 30.6 Å². The van der Waals surface area contributed by atoms with Crippen molar-refractivity contribution < 1.29 is 4.74 Å². The van der Waals surface area contributed by atoms with Gasteiger partial charge in [-0.1, -0.05) is 55.9 Å². The summed E-state index contributed by atoms with van der Waals surface area (Å²) in [5, 5.41) is 0. The van der Waals surface area contributed by atoms with Gasteiger partial charge in [-0.3, -0.25) is 0 Å². The third-order valence-corrected chi connectivity index (χ3v) is 5.71. The maximum atomic E-state index is 5.92. The van der Waals surface area contributed by atoms with E-state index in [4.69, 9.17) is 4.74 Å². The molecule has 0 unspecified atom stereocenters. The van der Waals surface area contributed by atoms with Crippen molar-refractivity contribution in [1.29, 1.82) is 0 Å². The molecular weight excluding hydrogens is 364 g/mol. The molecule has 0 saturated heterocycles. The number of ether oxygens (including phenoxy) is 1. The third kappa shape index (κ3) is 7.09. The molecule has 156 valence electrons. The summed E-state index contributed by atoms with van der Waals surface area (Å²) in [7, 11) is 0. The van der Waals surface area contributed by atoms with Gasteiger partial charge in [0.2, 0.25) is 0 Å². The molecule has 1 aliphatic carbocycles. The van der Waals surface area contributed by atoms with Gasteiger partial charge in [0.1, 0.15) is 0 Å². The predicted octanol–water partition coefficient (Wildman–Crippen LogP) is 6.89. The Morgan fingerprint density at radius 1 is 0.767 bits per heavy atom. The molecule has 0 amide bonds. The number of benzene rings is 2. The maximum Gasteiger partial charge on any atom is 0.0575 e. The summed E-state index contributed by atoms with van der Waals surface area (Å²) < 4.78 is 5.92. The highest BCUT2D eigenvalue weighted by atomic mass is 16.5. The highest BCUT2D eigenvalue weighted by Crippen LogP contribution is 2.34. The van der Waals surface area contributed by atoms with Crippen molar-refractivity contribution in [2.75, 3.05) is 6.61 Å². The van der Waals surface area contributed by atoms with Crippen molar-refractivity contribution >= 4 is 0 Å². The Bertz CT molecular complexity index is 876. The van der Waals surface area contributed by atoms with E-state index in [1.165, 1.54) is 36.8 Å². The number of rotatable bonds is 6.